The summed E-state index contributed by atoms with van der Waals surface area (Å²) in [5.41, 5.74) is 2.32. The minimum atomic E-state index is -1.49. The minimum absolute atomic E-state index is 0.227. The Kier molecular flexibility index (Phi) is 16.8. The first kappa shape index (κ1) is 30.5. The number of aliphatic hydroxyl groups excluding tert-OH is 1. The van der Waals surface area contributed by atoms with E-state index in [4.69, 9.17) is 18.9 Å². The van der Waals surface area contributed by atoms with Crippen LogP contribution in [0.25, 0.3) is 0 Å². The number of benzene rings is 2. The smallest absolute Gasteiger partial charge is 0.335 e. The molecule has 204 valence electrons. The van der Waals surface area contributed by atoms with Gasteiger partial charge >= 0.3 is 11.9 Å². The van der Waals surface area contributed by atoms with Crippen LogP contribution >= 0.6 is 0 Å². The summed E-state index contributed by atoms with van der Waals surface area (Å²) in [5.74, 6) is -1.37. The molecule has 7 heteroatoms. The number of ether oxygens (including phenoxy) is 4. The first-order valence-corrected chi connectivity index (χ1v) is 13.4. The molecule has 0 bridgehead atoms. The Labute approximate surface area is 221 Å². The summed E-state index contributed by atoms with van der Waals surface area (Å²) in [5, 5.41) is 9.88. The van der Waals surface area contributed by atoms with Gasteiger partial charge < -0.3 is 24.1 Å². The largest absolute Gasteiger partial charge is 0.466 e. The van der Waals surface area contributed by atoms with E-state index in [-0.39, 0.29) is 19.6 Å². The van der Waals surface area contributed by atoms with Crippen molar-refractivity contribution in [2.75, 3.05) is 26.4 Å². The van der Waals surface area contributed by atoms with Crippen molar-refractivity contribution in [2.24, 2.45) is 0 Å². The van der Waals surface area contributed by atoms with Crippen molar-refractivity contribution >= 4 is 11.9 Å². The minimum Gasteiger partial charge on any atom is -0.466 e. The van der Waals surface area contributed by atoms with E-state index >= 15 is 0 Å². The van der Waals surface area contributed by atoms with E-state index in [9.17, 15) is 14.7 Å². The lowest BCUT2D eigenvalue weighted by molar-refractivity contribution is -0.160. The number of carbonyl (C=O) groups is 2. The van der Waals surface area contributed by atoms with Crippen LogP contribution in [-0.2, 0) is 41.8 Å². The second-order valence-corrected chi connectivity index (χ2v) is 9.01. The Morgan fingerprint density at radius 2 is 1.03 bits per heavy atom. The van der Waals surface area contributed by atoms with Gasteiger partial charge in [0.15, 0.2) is 6.10 Å². The second kappa shape index (κ2) is 20.3. The van der Waals surface area contributed by atoms with E-state index in [0.29, 0.717) is 32.8 Å². The van der Waals surface area contributed by atoms with Crippen LogP contribution in [0.1, 0.15) is 68.9 Å². The number of hydrogen-bond acceptors (Lipinski definition) is 7. The third kappa shape index (κ3) is 15.9. The van der Waals surface area contributed by atoms with Crippen molar-refractivity contribution in [3.8, 4) is 0 Å². The summed E-state index contributed by atoms with van der Waals surface area (Å²) in [6, 6.07) is 20.1. The van der Waals surface area contributed by atoms with Crippen LogP contribution in [0.4, 0.5) is 0 Å². The highest BCUT2D eigenvalue weighted by atomic mass is 16.6. The van der Waals surface area contributed by atoms with Gasteiger partial charge in [-0.1, -0.05) is 73.5 Å². The van der Waals surface area contributed by atoms with Gasteiger partial charge in [-0.3, -0.25) is 4.79 Å². The molecule has 7 nitrogen and oxygen atoms in total. The molecule has 0 saturated carbocycles. The van der Waals surface area contributed by atoms with E-state index in [0.717, 1.165) is 56.1 Å². The van der Waals surface area contributed by atoms with Gasteiger partial charge in [0.1, 0.15) is 0 Å². The van der Waals surface area contributed by atoms with Crippen LogP contribution in [-0.4, -0.2) is 49.6 Å². The van der Waals surface area contributed by atoms with Gasteiger partial charge in [0.25, 0.3) is 0 Å². The lowest BCUT2D eigenvalue weighted by atomic mass is 10.2. The standard InChI is InChI=1S/C30H42O7/c31-28(30(33)37-22-14-4-2-12-20-35-25-27-17-9-6-10-18-27)23-29(32)36-21-13-3-1-11-19-34-24-26-15-7-5-8-16-26/h5-10,15-18,28,31H,1-4,11-14,19-25H2. The average molecular weight is 515 g/mol. The number of unbranched alkanes of at least 4 members (excludes halogenated alkanes) is 6. The predicted molar refractivity (Wildman–Crippen MR) is 142 cm³/mol. The molecule has 0 aliphatic carbocycles. The van der Waals surface area contributed by atoms with Gasteiger partial charge in [0.05, 0.1) is 32.8 Å². The quantitative estimate of drug-likeness (QED) is 0.177. The molecule has 0 aliphatic heterocycles. The van der Waals surface area contributed by atoms with Gasteiger partial charge in [-0.2, -0.15) is 0 Å². The van der Waals surface area contributed by atoms with Gasteiger partial charge in [-0.25, -0.2) is 4.79 Å². The number of hydrogen-bond donors (Lipinski definition) is 1. The molecule has 0 aliphatic rings. The van der Waals surface area contributed by atoms with Gasteiger partial charge in [-0.05, 0) is 49.7 Å². The monoisotopic (exact) mass is 514 g/mol. The van der Waals surface area contributed by atoms with Crippen LogP contribution in [0.5, 0.6) is 0 Å². The van der Waals surface area contributed by atoms with Gasteiger partial charge in [0.2, 0.25) is 0 Å². The maximum Gasteiger partial charge on any atom is 0.335 e. The summed E-state index contributed by atoms with van der Waals surface area (Å²) >= 11 is 0. The van der Waals surface area contributed by atoms with Crippen molar-refractivity contribution in [1.82, 2.24) is 0 Å². The molecule has 0 fully saturated rings. The summed E-state index contributed by atoms with van der Waals surface area (Å²) in [7, 11) is 0. The molecule has 2 aromatic carbocycles. The molecule has 0 saturated heterocycles. The van der Waals surface area contributed by atoms with Gasteiger partial charge in [-0.15, -0.1) is 0 Å². The third-order valence-electron chi connectivity index (χ3n) is 5.73. The van der Waals surface area contributed by atoms with E-state index < -0.39 is 18.0 Å². The fourth-order valence-electron chi connectivity index (χ4n) is 3.60. The predicted octanol–water partition coefficient (Wildman–Crippen LogP) is 5.38. The highest BCUT2D eigenvalue weighted by molar-refractivity contribution is 5.81. The maximum atomic E-state index is 11.9. The topological polar surface area (TPSA) is 91.3 Å². The number of carbonyl (C=O) groups excluding carboxylic acids is 2. The van der Waals surface area contributed by atoms with Crippen LogP contribution < -0.4 is 0 Å². The van der Waals surface area contributed by atoms with Crippen molar-refractivity contribution in [3.05, 3.63) is 71.8 Å². The van der Waals surface area contributed by atoms with Crippen molar-refractivity contribution in [1.29, 1.82) is 0 Å². The highest BCUT2D eigenvalue weighted by Gasteiger charge is 2.21. The number of rotatable bonds is 21. The molecule has 0 spiro atoms. The zero-order valence-electron chi connectivity index (χ0n) is 21.9. The Morgan fingerprint density at radius 1 is 0.595 bits per heavy atom. The fraction of sp³-hybridized carbons (Fsp3) is 0.533. The van der Waals surface area contributed by atoms with E-state index in [2.05, 4.69) is 0 Å². The molecule has 37 heavy (non-hydrogen) atoms. The summed E-state index contributed by atoms with van der Waals surface area (Å²) in [6.45, 7) is 3.13. The lowest BCUT2D eigenvalue weighted by Gasteiger charge is -2.11. The highest BCUT2D eigenvalue weighted by Crippen LogP contribution is 2.07. The van der Waals surface area contributed by atoms with E-state index in [1.807, 2.05) is 60.7 Å². The molecular weight excluding hydrogens is 472 g/mol. The van der Waals surface area contributed by atoms with Crippen molar-refractivity contribution < 1.29 is 33.6 Å². The summed E-state index contributed by atoms with van der Waals surface area (Å²) in [6.07, 6.45) is 5.26. The summed E-state index contributed by atoms with van der Waals surface area (Å²) in [4.78, 5) is 23.7. The molecule has 1 atom stereocenters. The molecule has 0 amide bonds. The first-order valence-electron chi connectivity index (χ1n) is 13.4. The molecule has 0 aromatic heterocycles. The zero-order chi connectivity index (χ0) is 26.4. The second-order valence-electron chi connectivity index (χ2n) is 9.01. The molecule has 0 radical (unpaired) electrons. The van der Waals surface area contributed by atoms with Crippen LogP contribution in [0, 0.1) is 0 Å². The number of esters is 2. The maximum absolute atomic E-state index is 11.9. The SMILES string of the molecule is O=C(CC(O)C(=O)OCCCCCCOCc1ccccc1)OCCCCCCOCc1ccccc1. The van der Waals surface area contributed by atoms with Crippen LogP contribution in [0.15, 0.2) is 60.7 Å². The molecule has 2 aromatic rings. The van der Waals surface area contributed by atoms with E-state index in [1.165, 1.54) is 0 Å². The number of aliphatic hydroxyl groups is 1. The van der Waals surface area contributed by atoms with Crippen molar-refractivity contribution in [3.63, 3.8) is 0 Å². The van der Waals surface area contributed by atoms with Crippen LogP contribution in [0.3, 0.4) is 0 Å². The lowest BCUT2D eigenvalue weighted by Crippen LogP contribution is -2.27. The zero-order valence-corrected chi connectivity index (χ0v) is 21.9. The molecular formula is C30H42O7. The Morgan fingerprint density at radius 3 is 1.51 bits per heavy atom. The van der Waals surface area contributed by atoms with E-state index in [1.54, 1.807) is 0 Å². The Bertz CT molecular complexity index is 842. The average Bonchev–Trinajstić information content (AvgIpc) is 2.92. The van der Waals surface area contributed by atoms with Crippen LogP contribution in [0.2, 0.25) is 0 Å². The van der Waals surface area contributed by atoms with Crippen molar-refractivity contribution in [2.45, 2.75) is 77.1 Å². The normalized spacial score (nSPS) is 11.7. The molecule has 1 unspecified atom stereocenters. The summed E-state index contributed by atoms with van der Waals surface area (Å²) < 4.78 is 21.5. The first-order chi connectivity index (χ1) is 18.1. The Hall–Kier alpha value is -2.74. The van der Waals surface area contributed by atoms with Gasteiger partial charge in [0, 0.05) is 13.2 Å². The molecule has 0 heterocycles. The Balaban J connectivity index is 1.34. The fourth-order valence-corrected chi connectivity index (χ4v) is 3.60. The molecule has 1 N–H and O–H groups in total. The molecule has 2 rings (SSSR count). The third-order valence-corrected chi connectivity index (χ3v) is 5.73.